The van der Waals surface area contributed by atoms with Crippen molar-refractivity contribution in [3.05, 3.63) is 257 Å². The zero-order valence-electron chi connectivity index (χ0n) is 35.7. The molecule has 9 aromatic rings. The van der Waals surface area contributed by atoms with E-state index < -0.39 is 5.41 Å². The Morgan fingerprint density at radius 2 is 0.758 bits per heavy atom. The molecule has 0 N–H and O–H groups in total. The fraction of sp³-hybridized carbons (Fsp3) is 0.115. The number of nitrogens with zero attached hydrogens (tertiary/aromatic N) is 1. The van der Waals surface area contributed by atoms with E-state index in [9.17, 15) is 0 Å². The molecule has 0 saturated heterocycles. The lowest BCUT2D eigenvalue weighted by molar-refractivity contribution is 0.563. The molecular formula is C61H47N. The van der Waals surface area contributed by atoms with E-state index in [2.05, 4.69) is 245 Å². The number of hydrogen-bond donors (Lipinski definition) is 0. The molecular weight excluding hydrogens is 747 g/mol. The molecule has 296 valence electrons. The van der Waals surface area contributed by atoms with E-state index in [-0.39, 0.29) is 10.8 Å². The number of rotatable bonds is 5. The van der Waals surface area contributed by atoms with Crippen LogP contribution in [0.5, 0.6) is 0 Å². The lowest BCUT2D eigenvalue weighted by Gasteiger charge is -2.47. The summed E-state index contributed by atoms with van der Waals surface area (Å²) in [5, 5.41) is 0. The average Bonchev–Trinajstić information content (AvgIpc) is 3.75. The zero-order chi connectivity index (χ0) is 41.8. The fourth-order valence-corrected chi connectivity index (χ4v) is 11.7. The van der Waals surface area contributed by atoms with Crippen molar-refractivity contribution in [2.75, 3.05) is 4.90 Å². The summed E-state index contributed by atoms with van der Waals surface area (Å²) in [4.78, 5) is 2.52. The first-order chi connectivity index (χ1) is 30.3. The monoisotopic (exact) mass is 793 g/mol. The van der Waals surface area contributed by atoms with Crippen molar-refractivity contribution in [1.29, 1.82) is 0 Å². The van der Waals surface area contributed by atoms with Crippen LogP contribution < -0.4 is 4.90 Å². The second-order valence-electron chi connectivity index (χ2n) is 18.4. The Hall–Kier alpha value is -7.22. The number of benzene rings is 9. The summed E-state index contributed by atoms with van der Waals surface area (Å²) in [5.74, 6) is 0. The van der Waals surface area contributed by atoms with Crippen molar-refractivity contribution < 1.29 is 0 Å². The van der Waals surface area contributed by atoms with E-state index in [1.807, 2.05) is 0 Å². The number of anilines is 3. The van der Waals surface area contributed by atoms with Crippen molar-refractivity contribution in [2.45, 2.75) is 43.9 Å². The van der Waals surface area contributed by atoms with Gasteiger partial charge >= 0.3 is 0 Å². The van der Waals surface area contributed by atoms with Crippen molar-refractivity contribution >= 4 is 17.1 Å². The largest absolute Gasteiger partial charge is 0.310 e. The molecule has 0 radical (unpaired) electrons. The standard InChI is InChI=1S/C61H47N/c1-59(2)49-28-14-11-25-46(49)47-36-34-42(38-55(47)59)62(57-33-18-13-24-44(57)40-20-7-5-8-21-40)43-35-37-53-56(39-43)60(3,4)51-30-16-17-31-52(51)61(53)50-29-15-12-26-48(50)58-45(27-19-32-54(58)61)41-22-9-6-10-23-41/h5-39H,1-4H3. The normalized spacial score (nSPS) is 16.7. The molecule has 3 aliphatic carbocycles. The van der Waals surface area contributed by atoms with Crippen LogP contribution in [0, 0.1) is 0 Å². The second-order valence-corrected chi connectivity index (χ2v) is 18.4. The van der Waals surface area contributed by atoms with Crippen molar-refractivity contribution in [2.24, 2.45) is 0 Å². The highest BCUT2D eigenvalue weighted by molar-refractivity contribution is 5.97. The van der Waals surface area contributed by atoms with Gasteiger partial charge in [0.15, 0.2) is 0 Å². The highest BCUT2D eigenvalue weighted by Gasteiger charge is 2.54. The lowest BCUT2D eigenvalue weighted by Crippen LogP contribution is -2.40. The number of fused-ring (bicyclic) bond motifs is 12. The van der Waals surface area contributed by atoms with Gasteiger partial charge in [0.25, 0.3) is 0 Å². The molecule has 1 nitrogen and oxygen atoms in total. The first kappa shape index (κ1) is 36.6. The predicted octanol–water partition coefficient (Wildman–Crippen LogP) is 15.8. The minimum atomic E-state index is -0.507. The molecule has 1 heteroatoms. The van der Waals surface area contributed by atoms with Gasteiger partial charge in [-0.05, 0) is 114 Å². The van der Waals surface area contributed by atoms with E-state index in [4.69, 9.17) is 0 Å². The van der Waals surface area contributed by atoms with E-state index in [1.54, 1.807) is 0 Å². The van der Waals surface area contributed by atoms with Gasteiger partial charge in [-0.2, -0.15) is 0 Å². The van der Waals surface area contributed by atoms with Gasteiger partial charge in [0, 0.05) is 27.8 Å². The summed E-state index contributed by atoms with van der Waals surface area (Å²) in [5.41, 5.74) is 23.6. The van der Waals surface area contributed by atoms with Crippen LogP contribution in [0.15, 0.2) is 212 Å². The first-order valence-corrected chi connectivity index (χ1v) is 22.0. The molecule has 62 heavy (non-hydrogen) atoms. The maximum Gasteiger partial charge on any atom is 0.0719 e. The van der Waals surface area contributed by atoms with E-state index >= 15 is 0 Å². The van der Waals surface area contributed by atoms with Crippen molar-refractivity contribution in [1.82, 2.24) is 0 Å². The number of hydrogen-bond acceptors (Lipinski definition) is 1. The summed E-state index contributed by atoms with van der Waals surface area (Å²) in [6.45, 7) is 9.62. The van der Waals surface area contributed by atoms with Crippen LogP contribution in [0.1, 0.15) is 72.2 Å². The van der Waals surface area contributed by atoms with Crippen LogP contribution in [0.4, 0.5) is 17.1 Å². The summed E-state index contributed by atoms with van der Waals surface area (Å²) < 4.78 is 0. The average molecular weight is 794 g/mol. The van der Waals surface area contributed by atoms with Crippen molar-refractivity contribution in [3.63, 3.8) is 0 Å². The Morgan fingerprint density at radius 1 is 0.290 bits per heavy atom. The summed E-state index contributed by atoms with van der Waals surface area (Å²) >= 11 is 0. The summed E-state index contributed by atoms with van der Waals surface area (Å²) in [7, 11) is 0. The molecule has 0 saturated carbocycles. The van der Waals surface area contributed by atoms with E-state index in [1.165, 1.54) is 89.0 Å². The van der Waals surface area contributed by atoms with Crippen LogP contribution in [0.3, 0.4) is 0 Å². The van der Waals surface area contributed by atoms with Gasteiger partial charge in [0.05, 0.1) is 11.1 Å². The Bertz CT molecular complexity index is 3240. The third kappa shape index (κ3) is 4.97. The fourth-order valence-electron chi connectivity index (χ4n) is 11.7. The Labute approximate surface area is 365 Å². The molecule has 0 bridgehead atoms. The van der Waals surface area contributed by atoms with Crippen LogP contribution in [0.25, 0.3) is 44.5 Å². The molecule has 0 amide bonds. The van der Waals surface area contributed by atoms with Gasteiger partial charge in [-0.3, -0.25) is 0 Å². The molecule has 0 aliphatic heterocycles. The molecule has 0 heterocycles. The quantitative estimate of drug-likeness (QED) is 0.168. The molecule has 0 aromatic heterocycles. The Balaban J connectivity index is 1.14. The SMILES string of the molecule is CC1(C)c2ccccc2-c2ccc(N(c3ccc4c(c3)C(C)(C)c3ccccc3C43c4ccccc4-c4c(-c5ccccc5)cccc43)c3ccccc3-c3ccccc3)cc21. The maximum absolute atomic E-state index is 2.53. The van der Waals surface area contributed by atoms with Crippen LogP contribution in [-0.2, 0) is 16.2 Å². The first-order valence-electron chi connectivity index (χ1n) is 22.0. The van der Waals surface area contributed by atoms with Gasteiger partial charge in [-0.1, -0.05) is 210 Å². The van der Waals surface area contributed by atoms with Gasteiger partial charge < -0.3 is 4.90 Å². The maximum atomic E-state index is 2.53. The molecule has 1 atom stereocenters. The molecule has 9 aromatic carbocycles. The molecule has 3 aliphatic rings. The van der Waals surface area contributed by atoms with Gasteiger partial charge in [0.2, 0.25) is 0 Å². The van der Waals surface area contributed by atoms with Gasteiger partial charge in [-0.15, -0.1) is 0 Å². The highest BCUT2D eigenvalue weighted by atomic mass is 15.1. The third-order valence-electron chi connectivity index (χ3n) is 14.6. The summed E-state index contributed by atoms with van der Waals surface area (Å²) in [6, 6.07) is 79.7. The molecule has 0 fully saturated rings. The van der Waals surface area contributed by atoms with Crippen LogP contribution >= 0.6 is 0 Å². The van der Waals surface area contributed by atoms with E-state index in [0.29, 0.717) is 0 Å². The molecule has 12 rings (SSSR count). The predicted molar refractivity (Wildman–Crippen MR) is 259 cm³/mol. The second kappa shape index (κ2) is 13.4. The molecule has 1 unspecified atom stereocenters. The van der Waals surface area contributed by atoms with Crippen LogP contribution in [0.2, 0.25) is 0 Å². The minimum absolute atomic E-state index is 0.137. The lowest BCUT2D eigenvalue weighted by atomic mass is 9.55. The minimum Gasteiger partial charge on any atom is -0.310 e. The van der Waals surface area contributed by atoms with Gasteiger partial charge in [-0.25, -0.2) is 0 Å². The van der Waals surface area contributed by atoms with Crippen molar-refractivity contribution in [3.8, 4) is 44.5 Å². The smallest absolute Gasteiger partial charge is 0.0719 e. The Kier molecular flexibility index (Phi) is 7.91. The Morgan fingerprint density at radius 3 is 1.48 bits per heavy atom. The highest BCUT2D eigenvalue weighted by Crippen LogP contribution is 2.64. The molecule has 1 spiro atoms. The van der Waals surface area contributed by atoms with E-state index in [0.717, 1.165) is 17.1 Å². The zero-order valence-corrected chi connectivity index (χ0v) is 35.7. The van der Waals surface area contributed by atoms with Crippen LogP contribution in [-0.4, -0.2) is 0 Å². The third-order valence-corrected chi connectivity index (χ3v) is 14.6. The van der Waals surface area contributed by atoms with Gasteiger partial charge in [0.1, 0.15) is 0 Å². The number of para-hydroxylation sites is 1. The summed E-state index contributed by atoms with van der Waals surface area (Å²) in [6.07, 6.45) is 0. The topological polar surface area (TPSA) is 3.24 Å².